The number of nitrogens with zero attached hydrogens (tertiary/aromatic N) is 5. The standard InChI is InChI=1S/C33H46F3N7O7S3/c1-32(2,3)50-30-29(49-30)42-14-15-43-28(21-42)38-40(4)31(43)39-53(46,47)25-10-11-26(27(20-25)52(44,45)33(34,35)36)37-23(12-13-41-16-18-48-19-17-41)22-51-24-8-6-5-7-9-24/h5-11,20,23,29-31,37,39H,12-19,21-22H2,1-4H3. The monoisotopic (exact) mass is 805 g/mol. The largest absolute Gasteiger partial charge is 0.501 e. The molecular weight excluding hydrogens is 760 g/mol. The number of benzene rings is 2. The van der Waals surface area contributed by atoms with Crippen LogP contribution in [0.25, 0.3) is 0 Å². The molecule has 4 atom stereocenters. The first-order valence-corrected chi connectivity index (χ1v) is 21.2. The number of amidine groups is 1. The van der Waals surface area contributed by atoms with Crippen molar-refractivity contribution in [3.05, 3.63) is 48.5 Å². The van der Waals surface area contributed by atoms with Crippen molar-refractivity contribution in [3.8, 4) is 0 Å². The van der Waals surface area contributed by atoms with E-state index in [1.807, 2.05) is 56.0 Å². The summed E-state index contributed by atoms with van der Waals surface area (Å²) in [6.45, 7) is 10.1. The van der Waals surface area contributed by atoms with Crippen LogP contribution >= 0.6 is 11.8 Å². The van der Waals surface area contributed by atoms with E-state index >= 15 is 0 Å². The van der Waals surface area contributed by atoms with Gasteiger partial charge < -0.3 is 24.4 Å². The zero-order valence-corrected chi connectivity index (χ0v) is 32.4. The molecular formula is C33H46F3N7O7S3. The van der Waals surface area contributed by atoms with E-state index in [-0.39, 0.29) is 11.9 Å². The molecule has 0 bridgehead atoms. The number of hydrazone groups is 1. The molecule has 0 amide bonds. The summed E-state index contributed by atoms with van der Waals surface area (Å²) in [6.07, 6.45) is -1.18. The van der Waals surface area contributed by atoms with Gasteiger partial charge in [0.1, 0.15) is 10.7 Å². The normalized spacial score (nSPS) is 23.8. The number of epoxide rings is 1. The second-order valence-corrected chi connectivity index (χ2v) is 18.9. The third kappa shape index (κ3) is 9.77. The molecule has 0 saturated carbocycles. The van der Waals surface area contributed by atoms with Crippen molar-refractivity contribution in [2.75, 3.05) is 70.6 Å². The zero-order valence-electron chi connectivity index (χ0n) is 30.0. The van der Waals surface area contributed by atoms with Crippen molar-refractivity contribution in [1.29, 1.82) is 0 Å². The van der Waals surface area contributed by atoms with Crippen LogP contribution in [0.4, 0.5) is 18.9 Å². The number of thioether (sulfide) groups is 1. The number of piperazine rings is 1. The SMILES string of the molecule is CN1N=C2CN(C3OC3OC(C)(C)C)CCN2C1NS(=O)(=O)c1ccc(NC(CCN2CCOCC2)CSc2ccccc2)c(S(=O)(=O)C(F)(F)F)c1. The molecule has 4 aliphatic heterocycles. The fourth-order valence-corrected chi connectivity index (χ4v) is 9.52. The molecule has 20 heteroatoms. The van der Waals surface area contributed by atoms with Crippen molar-refractivity contribution >= 4 is 43.1 Å². The van der Waals surface area contributed by atoms with Gasteiger partial charge in [-0.2, -0.15) is 23.0 Å². The van der Waals surface area contributed by atoms with Gasteiger partial charge in [0.15, 0.2) is 18.8 Å². The van der Waals surface area contributed by atoms with Crippen LogP contribution in [0.1, 0.15) is 27.2 Å². The van der Waals surface area contributed by atoms with Crippen LogP contribution in [0.2, 0.25) is 0 Å². The molecule has 0 aromatic heterocycles. The van der Waals surface area contributed by atoms with Crippen LogP contribution < -0.4 is 10.0 Å². The highest BCUT2D eigenvalue weighted by molar-refractivity contribution is 7.99. The van der Waals surface area contributed by atoms with E-state index in [1.165, 1.54) is 16.8 Å². The summed E-state index contributed by atoms with van der Waals surface area (Å²) in [4.78, 5) is 5.07. The van der Waals surface area contributed by atoms with Crippen molar-refractivity contribution in [2.45, 2.75) is 77.8 Å². The predicted octanol–water partition coefficient (Wildman–Crippen LogP) is 3.21. The first kappa shape index (κ1) is 40.0. The Balaban J connectivity index is 1.20. The maximum Gasteiger partial charge on any atom is 0.501 e. The lowest BCUT2D eigenvalue weighted by atomic mass is 10.2. The number of sulfonamides is 1. The van der Waals surface area contributed by atoms with Gasteiger partial charge in [-0.1, -0.05) is 18.2 Å². The Morgan fingerprint density at radius 1 is 1.02 bits per heavy atom. The van der Waals surface area contributed by atoms with Crippen molar-refractivity contribution in [2.24, 2.45) is 5.10 Å². The van der Waals surface area contributed by atoms with Gasteiger partial charge in [-0.05, 0) is 57.5 Å². The van der Waals surface area contributed by atoms with Crippen molar-refractivity contribution < 1.29 is 44.2 Å². The molecule has 2 N–H and O–H groups in total. The van der Waals surface area contributed by atoms with E-state index in [2.05, 4.69) is 20.0 Å². The third-order valence-electron chi connectivity index (χ3n) is 9.06. The average Bonchev–Trinajstić information content (AvgIpc) is 3.78. The van der Waals surface area contributed by atoms with Gasteiger partial charge in [-0.3, -0.25) is 14.8 Å². The highest BCUT2D eigenvalue weighted by Gasteiger charge is 2.51. The lowest BCUT2D eigenvalue weighted by Gasteiger charge is -2.36. The molecule has 3 saturated heterocycles. The Morgan fingerprint density at radius 2 is 1.74 bits per heavy atom. The summed E-state index contributed by atoms with van der Waals surface area (Å²) in [5, 5.41) is 8.94. The number of hydrogen-bond acceptors (Lipinski definition) is 14. The predicted molar refractivity (Wildman–Crippen MR) is 193 cm³/mol. The van der Waals surface area contributed by atoms with Crippen LogP contribution in [-0.2, 0) is 34.1 Å². The average molecular weight is 806 g/mol. The Kier molecular flexibility index (Phi) is 11.9. The maximum absolute atomic E-state index is 14.1. The van der Waals surface area contributed by atoms with Crippen LogP contribution in [0.15, 0.2) is 68.3 Å². The van der Waals surface area contributed by atoms with Gasteiger partial charge >= 0.3 is 5.51 Å². The number of sulfone groups is 1. The lowest BCUT2D eigenvalue weighted by molar-refractivity contribution is -0.0578. The molecule has 0 spiro atoms. The smallest absolute Gasteiger partial charge is 0.380 e. The number of anilines is 1. The van der Waals surface area contributed by atoms with Crippen LogP contribution in [0.3, 0.4) is 0 Å². The van der Waals surface area contributed by atoms with E-state index in [0.717, 1.165) is 17.0 Å². The first-order valence-electron chi connectivity index (χ1n) is 17.3. The Morgan fingerprint density at radius 3 is 2.42 bits per heavy atom. The minimum atomic E-state index is -5.98. The number of nitrogens with one attached hydrogen (secondary N) is 2. The Bertz CT molecular complexity index is 1840. The highest BCUT2D eigenvalue weighted by atomic mass is 32.2. The van der Waals surface area contributed by atoms with Gasteiger partial charge in [0.25, 0.3) is 9.84 Å². The minimum absolute atomic E-state index is 0.267. The maximum atomic E-state index is 14.1. The van der Waals surface area contributed by atoms with Gasteiger partial charge in [0, 0.05) is 56.5 Å². The summed E-state index contributed by atoms with van der Waals surface area (Å²) < 4.78 is 116. The highest BCUT2D eigenvalue weighted by Crippen LogP contribution is 2.37. The lowest BCUT2D eigenvalue weighted by Crippen LogP contribution is -2.58. The van der Waals surface area contributed by atoms with Gasteiger partial charge in [0.05, 0.1) is 35.9 Å². The third-order valence-corrected chi connectivity index (χ3v) is 13.2. The van der Waals surface area contributed by atoms with E-state index in [0.29, 0.717) is 76.6 Å². The van der Waals surface area contributed by atoms with Gasteiger partial charge in [-0.25, -0.2) is 16.8 Å². The quantitative estimate of drug-likeness (QED) is 0.213. The molecule has 4 aliphatic rings. The zero-order chi connectivity index (χ0) is 38.2. The number of rotatable bonds is 14. The topological polar surface area (TPSA) is 149 Å². The number of ether oxygens (including phenoxy) is 3. The number of halogens is 3. The Hall–Kier alpha value is -2.69. The van der Waals surface area contributed by atoms with Crippen LogP contribution in [-0.4, -0.2) is 144 Å². The van der Waals surface area contributed by atoms with Crippen molar-refractivity contribution in [1.82, 2.24) is 24.4 Å². The first-order chi connectivity index (χ1) is 24.9. The Labute approximate surface area is 312 Å². The minimum Gasteiger partial charge on any atom is -0.380 e. The number of hydrogen-bond donors (Lipinski definition) is 2. The molecule has 6 rings (SSSR count). The van der Waals surface area contributed by atoms with Gasteiger partial charge in [0.2, 0.25) is 10.0 Å². The molecule has 14 nitrogen and oxygen atoms in total. The van der Waals surface area contributed by atoms with E-state index in [4.69, 9.17) is 14.2 Å². The molecule has 53 heavy (non-hydrogen) atoms. The van der Waals surface area contributed by atoms with E-state index in [9.17, 15) is 30.0 Å². The second-order valence-electron chi connectivity index (χ2n) is 14.2. The number of alkyl halides is 3. The summed E-state index contributed by atoms with van der Waals surface area (Å²) >= 11 is 1.48. The fourth-order valence-electron chi connectivity index (χ4n) is 6.29. The molecule has 4 unspecified atom stereocenters. The molecule has 294 valence electrons. The molecule has 0 aliphatic carbocycles. The second kappa shape index (κ2) is 15.8. The number of morpholine rings is 1. The summed E-state index contributed by atoms with van der Waals surface area (Å²) in [7, 11) is -8.98. The van der Waals surface area contributed by atoms with Crippen molar-refractivity contribution in [3.63, 3.8) is 0 Å². The van der Waals surface area contributed by atoms with E-state index in [1.54, 1.807) is 11.9 Å². The van der Waals surface area contributed by atoms with Gasteiger partial charge in [-0.15, -0.1) is 11.8 Å². The number of fused-ring (bicyclic) bond motifs is 1. The molecule has 4 heterocycles. The molecule has 2 aromatic rings. The summed E-state index contributed by atoms with van der Waals surface area (Å²) in [6, 6.07) is 11.7. The van der Waals surface area contributed by atoms with Crippen LogP contribution in [0, 0.1) is 0 Å². The summed E-state index contributed by atoms with van der Waals surface area (Å²) in [5.41, 5.74) is -6.41. The molecule has 0 radical (unpaired) electrons. The molecule has 3 fully saturated rings. The fraction of sp³-hybridized carbons (Fsp3) is 0.606. The van der Waals surface area contributed by atoms with Crippen LogP contribution in [0.5, 0.6) is 0 Å². The summed E-state index contributed by atoms with van der Waals surface area (Å²) in [5.74, 6) is 0.968. The molecule has 2 aromatic carbocycles. The van der Waals surface area contributed by atoms with E-state index < -0.39 is 59.4 Å².